The van der Waals surface area contributed by atoms with Crippen LogP contribution >= 0.6 is 31.9 Å². The fourth-order valence-electron chi connectivity index (χ4n) is 4.68. The van der Waals surface area contributed by atoms with E-state index in [9.17, 15) is 4.79 Å². The molecule has 0 aliphatic heterocycles. The van der Waals surface area contributed by atoms with E-state index in [0.29, 0.717) is 33.1 Å². The highest BCUT2D eigenvalue weighted by Crippen LogP contribution is 2.51. The molecule has 0 amide bonds. The van der Waals surface area contributed by atoms with Crippen LogP contribution in [0, 0.1) is 0 Å². The molecule has 2 aromatic heterocycles. The van der Waals surface area contributed by atoms with Crippen molar-refractivity contribution in [3.63, 3.8) is 0 Å². The lowest BCUT2D eigenvalue weighted by molar-refractivity contribution is 0.0735. The molecule has 2 aliphatic carbocycles. The van der Waals surface area contributed by atoms with Gasteiger partial charge in [0.2, 0.25) is 0 Å². The minimum atomic E-state index is -0.448. The zero-order valence-electron chi connectivity index (χ0n) is 15.7. The molecule has 2 aliphatic rings. The summed E-state index contributed by atoms with van der Waals surface area (Å²) in [4.78, 5) is 27.1. The molecule has 148 valence electrons. The Kier molecular flexibility index (Phi) is 4.18. The summed E-state index contributed by atoms with van der Waals surface area (Å²) in [5, 5.41) is 0.874. The third kappa shape index (κ3) is 2.79. The van der Waals surface area contributed by atoms with Crippen molar-refractivity contribution in [2.75, 3.05) is 0 Å². The second-order valence-electron chi connectivity index (χ2n) is 7.86. The minimum Gasteiger partial charge on any atom is -0.419 e. The summed E-state index contributed by atoms with van der Waals surface area (Å²) in [5.41, 5.74) is 4.91. The lowest BCUT2D eigenvalue weighted by atomic mass is 10.00. The van der Waals surface area contributed by atoms with E-state index in [0.717, 1.165) is 38.7 Å². The lowest BCUT2D eigenvalue weighted by Gasteiger charge is -2.14. The number of ether oxygens (including phenoxy) is 1. The molecule has 30 heavy (non-hydrogen) atoms. The number of esters is 1. The van der Waals surface area contributed by atoms with Crippen molar-refractivity contribution in [2.24, 2.45) is 0 Å². The van der Waals surface area contributed by atoms with Crippen molar-refractivity contribution in [1.82, 2.24) is 15.0 Å². The second-order valence-corrected chi connectivity index (χ2v) is 9.57. The molecule has 2 aromatic carbocycles. The number of aromatic nitrogens is 3. The first-order valence-electron chi connectivity index (χ1n) is 9.85. The molecular weight excluding hydrogens is 510 g/mol. The largest absolute Gasteiger partial charge is 0.419 e. The molecule has 4 aromatic rings. The van der Waals surface area contributed by atoms with Gasteiger partial charge in [-0.05, 0) is 65.5 Å². The maximum absolute atomic E-state index is 13.0. The fourth-order valence-corrected chi connectivity index (χ4v) is 6.04. The average molecular weight is 525 g/mol. The average Bonchev–Trinajstić information content (AvgIpc) is 3.37. The Morgan fingerprint density at radius 3 is 2.53 bits per heavy atom. The van der Waals surface area contributed by atoms with Crippen molar-refractivity contribution in [3.05, 3.63) is 68.5 Å². The van der Waals surface area contributed by atoms with Crippen LogP contribution in [0.25, 0.3) is 21.9 Å². The molecule has 1 fully saturated rings. The van der Waals surface area contributed by atoms with Gasteiger partial charge in [0.05, 0.1) is 32.5 Å². The standard InChI is InChI=1S/C23H15Br2N3O2/c24-15-10-16(25)22(21-14(15)2-1-7-26-21)30-23(29)13-5-6-17-18(9-13)28-20-12-4-3-11(8-12)19(20)27-17/h1-2,5-7,9-12H,3-4,8H2. The summed E-state index contributed by atoms with van der Waals surface area (Å²) in [7, 11) is 0. The molecule has 7 heteroatoms. The summed E-state index contributed by atoms with van der Waals surface area (Å²) in [6.07, 6.45) is 5.25. The van der Waals surface area contributed by atoms with Crippen LogP contribution in [0.5, 0.6) is 5.75 Å². The maximum atomic E-state index is 13.0. The Bertz CT molecular complexity index is 1370. The van der Waals surface area contributed by atoms with Gasteiger partial charge in [-0.3, -0.25) is 4.98 Å². The number of nitrogens with zero attached hydrogens (tertiary/aromatic N) is 3. The Labute approximate surface area is 189 Å². The van der Waals surface area contributed by atoms with Crippen molar-refractivity contribution in [3.8, 4) is 5.75 Å². The van der Waals surface area contributed by atoms with Gasteiger partial charge in [-0.2, -0.15) is 0 Å². The smallest absolute Gasteiger partial charge is 0.343 e. The first-order valence-corrected chi connectivity index (χ1v) is 11.4. The van der Waals surface area contributed by atoms with Crippen molar-refractivity contribution < 1.29 is 9.53 Å². The predicted molar refractivity (Wildman–Crippen MR) is 121 cm³/mol. The van der Waals surface area contributed by atoms with Crippen LogP contribution in [-0.2, 0) is 0 Å². The Hall–Kier alpha value is -2.38. The third-order valence-electron chi connectivity index (χ3n) is 6.11. The first kappa shape index (κ1) is 18.4. The lowest BCUT2D eigenvalue weighted by Crippen LogP contribution is -2.10. The van der Waals surface area contributed by atoms with Crippen LogP contribution in [0.3, 0.4) is 0 Å². The number of pyridine rings is 1. The van der Waals surface area contributed by atoms with Gasteiger partial charge < -0.3 is 4.74 Å². The number of carbonyl (C=O) groups is 1. The van der Waals surface area contributed by atoms with Gasteiger partial charge in [0.1, 0.15) is 5.52 Å². The van der Waals surface area contributed by atoms with Gasteiger partial charge >= 0.3 is 5.97 Å². The van der Waals surface area contributed by atoms with Crippen LogP contribution in [0.4, 0.5) is 0 Å². The summed E-state index contributed by atoms with van der Waals surface area (Å²) in [6.45, 7) is 0. The van der Waals surface area contributed by atoms with E-state index in [1.165, 1.54) is 12.8 Å². The summed E-state index contributed by atoms with van der Waals surface area (Å²) in [5.74, 6) is 1.03. The van der Waals surface area contributed by atoms with E-state index in [-0.39, 0.29) is 0 Å². The van der Waals surface area contributed by atoms with E-state index in [2.05, 4.69) is 36.8 Å². The molecule has 2 unspecified atom stereocenters. The van der Waals surface area contributed by atoms with E-state index in [4.69, 9.17) is 14.7 Å². The number of carbonyl (C=O) groups excluding carboxylic acids is 1. The second kappa shape index (κ2) is 6.82. The molecule has 0 spiro atoms. The maximum Gasteiger partial charge on any atom is 0.343 e. The highest BCUT2D eigenvalue weighted by molar-refractivity contribution is 9.11. The monoisotopic (exact) mass is 523 g/mol. The zero-order chi connectivity index (χ0) is 20.4. The number of rotatable bonds is 2. The van der Waals surface area contributed by atoms with Crippen LogP contribution in [0.1, 0.15) is 52.8 Å². The molecule has 0 N–H and O–H groups in total. The van der Waals surface area contributed by atoms with Gasteiger partial charge in [0.25, 0.3) is 0 Å². The van der Waals surface area contributed by atoms with E-state index in [1.54, 1.807) is 18.3 Å². The molecule has 2 atom stereocenters. The van der Waals surface area contributed by atoms with Gasteiger partial charge in [-0.1, -0.05) is 22.0 Å². The molecular formula is C23H15Br2N3O2. The minimum absolute atomic E-state index is 0.399. The Morgan fingerprint density at radius 1 is 0.967 bits per heavy atom. The first-order chi connectivity index (χ1) is 14.6. The fraction of sp³-hybridized carbons (Fsp3) is 0.217. The topological polar surface area (TPSA) is 65.0 Å². The van der Waals surface area contributed by atoms with Crippen LogP contribution in [0.15, 0.2) is 51.5 Å². The normalized spacial score (nSPS) is 19.4. The van der Waals surface area contributed by atoms with Gasteiger partial charge in [0.15, 0.2) is 5.75 Å². The molecule has 0 saturated heterocycles. The Morgan fingerprint density at radius 2 is 1.73 bits per heavy atom. The summed E-state index contributed by atoms with van der Waals surface area (Å²) >= 11 is 7.02. The van der Waals surface area contributed by atoms with E-state index < -0.39 is 5.97 Å². The van der Waals surface area contributed by atoms with Gasteiger partial charge in [-0.15, -0.1) is 0 Å². The quantitative estimate of drug-likeness (QED) is 0.228. The predicted octanol–water partition coefficient (Wildman–Crippen LogP) is 6.29. The van der Waals surface area contributed by atoms with Gasteiger partial charge in [0, 0.05) is 27.9 Å². The molecule has 5 nitrogen and oxygen atoms in total. The van der Waals surface area contributed by atoms with Crippen molar-refractivity contribution in [1.29, 1.82) is 0 Å². The van der Waals surface area contributed by atoms with E-state index >= 15 is 0 Å². The number of hydrogen-bond acceptors (Lipinski definition) is 5. The number of halogens is 2. The number of hydrogen-bond donors (Lipinski definition) is 0. The van der Waals surface area contributed by atoms with Crippen LogP contribution in [0.2, 0.25) is 0 Å². The molecule has 2 heterocycles. The molecule has 0 radical (unpaired) electrons. The number of benzene rings is 2. The molecule has 6 rings (SSSR count). The molecule has 2 bridgehead atoms. The summed E-state index contributed by atoms with van der Waals surface area (Å²) in [6, 6.07) is 11.0. The SMILES string of the molecule is O=C(Oc1c(Br)cc(Br)c2cccnc12)c1ccc2nc3c(nc2c1)C1CCC3C1. The highest BCUT2D eigenvalue weighted by Gasteiger charge is 2.39. The van der Waals surface area contributed by atoms with Crippen LogP contribution < -0.4 is 4.74 Å². The van der Waals surface area contributed by atoms with Gasteiger partial charge in [-0.25, -0.2) is 14.8 Å². The molecule has 1 saturated carbocycles. The van der Waals surface area contributed by atoms with Crippen molar-refractivity contribution >= 4 is 59.8 Å². The highest BCUT2D eigenvalue weighted by atomic mass is 79.9. The van der Waals surface area contributed by atoms with Crippen LogP contribution in [-0.4, -0.2) is 20.9 Å². The summed E-state index contributed by atoms with van der Waals surface area (Å²) < 4.78 is 7.31. The van der Waals surface area contributed by atoms with E-state index in [1.807, 2.05) is 24.3 Å². The Balaban J connectivity index is 1.39. The zero-order valence-corrected chi connectivity index (χ0v) is 18.9. The van der Waals surface area contributed by atoms with Crippen molar-refractivity contribution in [2.45, 2.75) is 31.1 Å². The third-order valence-corrected chi connectivity index (χ3v) is 7.35. The number of fused-ring (bicyclic) bond motifs is 7.